The van der Waals surface area contributed by atoms with E-state index in [1.807, 2.05) is 0 Å². The molecule has 0 saturated heterocycles. The van der Waals surface area contributed by atoms with E-state index in [4.69, 9.17) is 25.5 Å². The van der Waals surface area contributed by atoms with Gasteiger partial charge in [-0.2, -0.15) is 0 Å². The average molecular weight is 429 g/mol. The minimum atomic E-state index is -0.387. The van der Waals surface area contributed by atoms with Crippen LogP contribution in [-0.4, -0.2) is 37.5 Å². The maximum Gasteiger partial charge on any atom is 0.262 e. The Kier molecular flexibility index (Phi) is 6.98. The fraction of sp³-hybridized carbons (Fsp3) is 0.182. The Morgan fingerprint density at radius 3 is 2.60 bits per heavy atom. The van der Waals surface area contributed by atoms with Crippen molar-refractivity contribution in [3.05, 3.63) is 77.2 Å². The zero-order valence-electron chi connectivity index (χ0n) is 16.6. The van der Waals surface area contributed by atoms with E-state index in [0.29, 0.717) is 40.1 Å². The average Bonchev–Trinajstić information content (AvgIpc) is 3.25. The molecule has 0 atom stereocenters. The number of para-hydroxylation sites is 1. The molecule has 156 valence electrons. The number of amides is 2. The Bertz CT molecular complexity index is 1020. The first-order valence-electron chi connectivity index (χ1n) is 9.11. The molecule has 2 amide bonds. The molecule has 1 aromatic heterocycles. The number of ether oxygens (including phenoxy) is 2. The minimum Gasteiger partial charge on any atom is -0.495 e. The van der Waals surface area contributed by atoms with Crippen molar-refractivity contribution in [2.45, 2.75) is 6.54 Å². The van der Waals surface area contributed by atoms with Gasteiger partial charge in [0.15, 0.2) is 6.61 Å². The van der Waals surface area contributed by atoms with Crippen molar-refractivity contribution in [1.82, 2.24) is 4.90 Å². The molecule has 0 bridgehead atoms. The van der Waals surface area contributed by atoms with Gasteiger partial charge in [-0.1, -0.05) is 23.7 Å². The molecule has 0 aliphatic carbocycles. The van der Waals surface area contributed by atoms with E-state index in [1.165, 1.54) is 12.0 Å². The molecular weight excluding hydrogens is 408 g/mol. The van der Waals surface area contributed by atoms with Gasteiger partial charge in [0, 0.05) is 12.7 Å². The topological polar surface area (TPSA) is 81.0 Å². The van der Waals surface area contributed by atoms with E-state index < -0.39 is 0 Å². The summed E-state index contributed by atoms with van der Waals surface area (Å²) >= 11 is 6.07. The Hall–Kier alpha value is -3.45. The van der Waals surface area contributed by atoms with Crippen LogP contribution in [0.1, 0.15) is 16.1 Å². The largest absolute Gasteiger partial charge is 0.495 e. The van der Waals surface area contributed by atoms with Crippen LogP contribution < -0.4 is 14.8 Å². The third-order valence-electron chi connectivity index (χ3n) is 4.23. The first-order valence-corrected chi connectivity index (χ1v) is 9.49. The summed E-state index contributed by atoms with van der Waals surface area (Å²) in [4.78, 5) is 26.6. The van der Waals surface area contributed by atoms with Crippen molar-refractivity contribution >= 4 is 29.1 Å². The van der Waals surface area contributed by atoms with Crippen LogP contribution in [0, 0.1) is 0 Å². The minimum absolute atomic E-state index is 0.246. The molecule has 3 rings (SSSR count). The summed E-state index contributed by atoms with van der Waals surface area (Å²) in [5.41, 5.74) is 0.865. The lowest BCUT2D eigenvalue weighted by Gasteiger charge is -2.18. The number of hydrogen-bond acceptors (Lipinski definition) is 5. The summed E-state index contributed by atoms with van der Waals surface area (Å²) in [7, 11) is 3.18. The quantitative estimate of drug-likeness (QED) is 0.580. The molecule has 0 unspecified atom stereocenters. The smallest absolute Gasteiger partial charge is 0.262 e. The molecule has 2 aromatic carbocycles. The van der Waals surface area contributed by atoms with Crippen molar-refractivity contribution in [3.8, 4) is 11.5 Å². The highest BCUT2D eigenvalue weighted by Crippen LogP contribution is 2.27. The van der Waals surface area contributed by atoms with Gasteiger partial charge in [-0.3, -0.25) is 9.59 Å². The van der Waals surface area contributed by atoms with E-state index in [1.54, 1.807) is 67.9 Å². The van der Waals surface area contributed by atoms with Gasteiger partial charge >= 0.3 is 0 Å². The molecule has 30 heavy (non-hydrogen) atoms. The fourth-order valence-corrected chi connectivity index (χ4v) is 3.03. The number of halogens is 1. The number of nitrogens with one attached hydrogen (secondary N) is 1. The summed E-state index contributed by atoms with van der Waals surface area (Å²) in [6.07, 6.45) is 1.55. The van der Waals surface area contributed by atoms with Gasteiger partial charge in [0.05, 0.1) is 30.5 Å². The molecule has 0 aliphatic rings. The van der Waals surface area contributed by atoms with E-state index in [9.17, 15) is 9.59 Å². The number of methoxy groups -OCH3 is 1. The van der Waals surface area contributed by atoms with Gasteiger partial charge in [-0.25, -0.2) is 0 Å². The van der Waals surface area contributed by atoms with Gasteiger partial charge in [0.2, 0.25) is 0 Å². The van der Waals surface area contributed by atoms with Crippen molar-refractivity contribution in [2.24, 2.45) is 0 Å². The van der Waals surface area contributed by atoms with Crippen molar-refractivity contribution < 1.29 is 23.5 Å². The molecule has 1 N–H and O–H groups in total. The standard InChI is InChI=1S/C22H21ClN2O5/c1-25(13-16-6-5-11-29-16)22(27)17-7-3-4-8-19(17)30-14-21(26)24-15-9-10-20(28-2)18(23)12-15/h3-12H,13-14H2,1-2H3,(H,24,26). The lowest BCUT2D eigenvalue weighted by Crippen LogP contribution is -2.27. The second-order valence-electron chi connectivity index (χ2n) is 6.42. The Morgan fingerprint density at radius 1 is 1.10 bits per heavy atom. The third kappa shape index (κ3) is 5.33. The van der Waals surface area contributed by atoms with Gasteiger partial charge < -0.3 is 24.1 Å². The molecule has 3 aromatic rings. The Balaban J connectivity index is 1.62. The van der Waals surface area contributed by atoms with E-state index in [2.05, 4.69) is 5.32 Å². The summed E-state index contributed by atoms with van der Waals surface area (Å²) in [5.74, 6) is 0.863. The summed E-state index contributed by atoms with van der Waals surface area (Å²) < 4.78 is 16.0. The van der Waals surface area contributed by atoms with Crippen LogP contribution in [0.15, 0.2) is 65.3 Å². The lowest BCUT2D eigenvalue weighted by atomic mass is 10.1. The molecule has 8 heteroatoms. The van der Waals surface area contributed by atoms with Crippen LogP contribution in [0.4, 0.5) is 5.69 Å². The highest BCUT2D eigenvalue weighted by Gasteiger charge is 2.18. The zero-order valence-corrected chi connectivity index (χ0v) is 17.3. The van der Waals surface area contributed by atoms with E-state index in [0.717, 1.165) is 0 Å². The van der Waals surface area contributed by atoms with Crippen LogP contribution in [0.3, 0.4) is 0 Å². The molecular formula is C22H21ClN2O5. The van der Waals surface area contributed by atoms with Crippen LogP contribution in [0.25, 0.3) is 0 Å². The van der Waals surface area contributed by atoms with Crippen LogP contribution in [0.5, 0.6) is 11.5 Å². The summed E-state index contributed by atoms with van der Waals surface area (Å²) in [6.45, 7) is 0.0503. The second kappa shape index (κ2) is 9.84. The van der Waals surface area contributed by atoms with E-state index in [-0.39, 0.29) is 18.4 Å². The van der Waals surface area contributed by atoms with Crippen LogP contribution in [-0.2, 0) is 11.3 Å². The van der Waals surface area contributed by atoms with Crippen molar-refractivity contribution in [2.75, 3.05) is 26.1 Å². The van der Waals surface area contributed by atoms with Gasteiger partial charge in [0.25, 0.3) is 11.8 Å². The van der Waals surface area contributed by atoms with Crippen LogP contribution in [0.2, 0.25) is 5.02 Å². The zero-order chi connectivity index (χ0) is 21.5. The summed E-state index contributed by atoms with van der Waals surface area (Å²) in [5, 5.41) is 3.08. The predicted molar refractivity (Wildman–Crippen MR) is 113 cm³/mol. The molecule has 0 radical (unpaired) electrons. The Morgan fingerprint density at radius 2 is 1.90 bits per heavy atom. The maximum atomic E-state index is 12.8. The lowest BCUT2D eigenvalue weighted by molar-refractivity contribution is -0.118. The molecule has 0 spiro atoms. The number of carbonyl (C=O) groups is 2. The van der Waals surface area contributed by atoms with Crippen molar-refractivity contribution in [1.29, 1.82) is 0 Å². The number of rotatable bonds is 8. The number of anilines is 1. The van der Waals surface area contributed by atoms with Gasteiger partial charge in [0.1, 0.15) is 17.3 Å². The van der Waals surface area contributed by atoms with Gasteiger partial charge in [-0.05, 0) is 42.5 Å². The number of hydrogen-bond donors (Lipinski definition) is 1. The summed E-state index contributed by atoms with van der Waals surface area (Å²) in [6, 6.07) is 15.2. The normalized spacial score (nSPS) is 10.4. The molecule has 7 nitrogen and oxygen atoms in total. The first kappa shape index (κ1) is 21.3. The monoisotopic (exact) mass is 428 g/mol. The SMILES string of the molecule is COc1ccc(NC(=O)COc2ccccc2C(=O)N(C)Cc2ccco2)cc1Cl. The van der Waals surface area contributed by atoms with E-state index >= 15 is 0 Å². The number of carbonyl (C=O) groups excluding carboxylic acids is 2. The molecule has 0 fully saturated rings. The predicted octanol–water partition coefficient (Wildman–Crippen LogP) is 4.23. The second-order valence-corrected chi connectivity index (χ2v) is 6.83. The highest BCUT2D eigenvalue weighted by molar-refractivity contribution is 6.32. The number of nitrogens with zero attached hydrogens (tertiary/aromatic N) is 1. The maximum absolute atomic E-state index is 12.8. The number of benzene rings is 2. The van der Waals surface area contributed by atoms with Crippen molar-refractivity contribution in [3.63, 3.8) is 0 Å². The molecule has 0 aliphatic heterocycles. The number of furan rings is 1. The fourth-order valence-electron chi connectivity index (χ4n) is 2.77. The highest BCUT2D eigenvalue weighted by atomic mass is 35.5. The first-order chi connectivity index (χ1) is 14.5. The van der Waals surface area contributed by atoms with Crippen LogP contribution >= 0.6 is 11.6 Å². The third-order valence-corrected chi connectivity index (χ3v) is 4.53. The molecule has 0 saturated carbocycles. The molecule has 1 heterocycles. The van der Waals surface area contributed by atoms with Gasteiger partial charge in [-0.15, -0.1) is 0 Å². The Labute approximate surface area is 179 Å².